The van der Waals surface area contributed by atoms with Crippen LogP contribution < -0.4 is 16.4 Å². The summed E-state index contributed by atoms with van der Waals surface area (Å²) in [5, 5.41) is 0. The summed E-state index contributed by atoms with van der Waals surface area (Å²) in [5.74, 6) is -0.0165. The average Bonchev–Trinajstić information content (AvgIpc) is 2.26. The Morgan fingerprint density at radius 1 is 1.50 bits per heavy atom. The molecule has 1 aromatic rings. The predicted octanol–water partition coefficient (Wildman–Crippen LogP) is 0.663. The summed E-state index contributed by atoms with van der Waals surface area (Å²) in [6.07, 6.45) is 3.27. The molecule has 0 fully saturated rings. The molecule has 5 nitrogen and oxygen atoms in total. The number of primary amides is 1. The van der Waals surface area contributed by atoms with E-state index in [1.807, 2.05) is 4.90 Å². The van der Waals surface area contributed by atoms with Crippen LogP contribution in [-0.4, -0.2) is 29.0 Å². The van der Waals surface area contributed by atoms with E-state index in [-0.39, 0.29) is 11.5 Å². The lowest BCUT2D eigenvalue weighted by Gasteiger charge is -2.26. The summed E-state index contributed by atoms with van der Waals surface area (Å²) < 4.78 is 0. The van der Waals surface area contributed by atoms with E-state index < -0.39 is 5.91 Å². The molecule has 0 spiro atoms. The Hall–Kier alpha value is -1.69. The lowest BCUT2D eigenvalue weighted by molar-refractivity contribution is -0.116. The van der Waals surface area contributed by atoms with Gasteiger partial charge in [-0.25, -0.2) is 0 Å². The van der Waals surface area contributed by atoms with Gasteiger partial charge in [0.05, 0.1) is 18.4 Å². The largest absolute Gasteiger partial charge is 0.389 e. The third-order valence-corrected chi connectivity index (χ3v) is 2.56. The van der Waals surface area contributed by atoms with Crippen LogP contribution in [0.25, 0.3) is 0 Å². The quantitative estimate of drug-likeness (QED) is 0.739. The summed E-state index contributed by atoms with van der Waals surface area (Å²) in [7, 11) is 0. The van der Waals surface area contributed by atoms with Gasteiger partial charge >= 0.3 is 0 Å². The number of amides is 1. The van der Waals surface area contributed by atoms with E-state index in [2.05, 4.69) is 18.8 Å². The molecule has 0 saturated carbocycles. The minimum atomic E-state index is -0.395. The number of hydrogen-bond donors (Lipinski definition) is 2. The second kappa shape index (κ2) is 6.30. The summed E-state index contributed by atoms with van der Waals surface area (Å²) in [4.78, 5) is 17.3. The van der Waals surface area contributed by atoms with E-state index in [4.69, 9.17) is 23.7 Å². The third-order valence-electron chi connectivity index (χ3n) is 2.34. The maximum atomic E-state index is 11.1. The van der Waals surface area contributed by atoms with Crippen LogP contribution in [0.3, 0.4) is 0 Å². The van der Waals surface area contributed by atoms with Crippen molar-refractivity contribution >= 4 is 28.8 Å². The van der Waals surface area contributed by atoms with Gasteiger partial charge < -0.3 is 16.4 Å². The van der Waals surface area contributed by atoms with Crippen LogP contribution in [0.4, 0.5) is 5.69 Å². The molecule has 0 saturated heterocycles. The number of aromatic nitrogens is 1. The molecule has 0 aliphatic carbocycles. The average molecular weight is 266 g/mol. The maximum absolute atomic E-state index is 11.1. The van der Waals surface area contributed by atoms with E-state index in [0.29, 0.717) is 18.0 Å². The second-order valence-corrected chi connectivity index (χ2v) is 4.94. The molecule has 0 unspecified atom stereocenters. The molecule has 6 heteroatoms. The van der Waals surface area contributed by atoms with Gasteiger partial charge in [-0.3, -0.25) is 9.78 Å². The first kappa shape index (κ1) is 14.4. The van der Waals surface area contributed by atoms with Crippen molar-refractivity contribution in [2.45, 2.75) is 13.8 Å². The molecular weight excluding hydrogens is 248 g/mol. The van der Waals surface area contributed by atoms with Crippen LogP contribution >= 0.6 is 12.2 Å². The van der Waals surface area contributed by atoms with E-state index in [1.165, 1.54) is 0 Å². The number of rotatable bonds is 6. The fraction of sp³-hybridized carbons (Fsp3) is 0.417. The van der Waals surface area contributed by atoms with Gasteiger partial charge in [-0.1, -0.05) is 26.1 Å². The topological polar surface area (TPSA) is 85.2 Å². The number of nitrogens with two attached hydrogens (primary N) is 2. The summed E-state index contributed by atoms with van der Waals surface area (Å²) in [6.45, 7) is 4.93. The summed E-state index contributed by atoms with van der Waals surface area (Å²) in [6, 6.07) is 1.74. The second-order valence-electron chi connectivity index (χ2n) is 4.50. The molecule has 0 aliphatic rings. The van der Waals surface area contributed by atoms with Crippen molar-refractivity contribution < 1.29 is 4.79 Å². The maximum Gasteiger partial charge on any atom is 0.236 e. The van der Waals surface area contributed by atoms with Crippen molar-refractivity contribution in [1.29, 1.82) is 0 Å². The number of thiocarbonyl (C=S) groups is 1. The van der Waals surface area contributed by atoms with Crippen LogP contribution in [0.15, 0.2) is 18.5 Å². The fourth-order valence-corrected chi connectivity index (χ4v) is 1.90. The first-order valence-electron chi connectivity index (χ1n) is 5.69. The highest BCUT2D eigenvalue weighted by Crippen LogP contribution is 2.20. The van der Waals surface area contributed by atoms with Crippen molar-refractivity contribution in [3.05, 3.63) is 24.0 Å². The van der Waals surface area contributed by atoms with Crippen LogP contribution in [0.5, 0.6) is 0 Å². The molecule has 0 aliphatic heterocycles. The van der Waals surface area contributed by atoms with Crippen molar-refractivity contribution in [3.63, 3.8) is 0 Å². The number of carbonyl (C=O) groups is 1. The zero-order valence-electron chi connectivity index (χ0n) is 10.6. The Balaban J connectivity index is 3.11. The SMILES string of the molecule is CC(C)CN(CC(N)=O)c1cnccc1C(N)=S. The first-order valence-corrected chi connectivity index (χ1v) is 6.09. The standard InChI is InChI=1S/C12H18N4OS/c1-8(2)6-16(7-11(13)17)10-5-15-4-3-9(10)12(14)18/h3-5,8H,6-7H2,1-2H3,(H2,13,17)(H2,14,18). The molecular formula is C12H18N4OS. The van der Waals surface area contributed by atoms with Crippen molar-refractivity contribution in [3.8, 4) is 0 Å². The summed E-state index contributed by atoms with van der Waals surface area (Å²) >= 11 is 5.00. The molecule has 0 aromatic carbocycles. The third kappa shape index (κ3) is 3.96. The predicted molar refractivity (Wildman–Crippen MR) is 76.4 cm³/mol. The molecule has 4 N–H and O–H groups in total. The van der Waals surface area contributed by atoms with Crippen molar-refractivity contribution in [2.75, 3.05) is 18.0 Å². The van der Waals surface area contributed by atoms with Crippen LogP contribution in [0, 0.1) is 5.92 Å². The summed E-state index contributed by atoms with van der Waals surface area (Å²) in [5.41, 5.74) is 12.4. The Morgan fingerprint density at radius 2 is 2.17 bits per heavy atom. The number of anilines is 1. The normalized spacial score (nSPS) is 10.4. The lowest BCUT2D eigenvalue weighted by Crippen LogP contribution is -2.37. The minimum absolute atomic E-state index is 0.124. The molecule has 0 radical (unpaired) electrons. The Bertz CT molecular complexity index is 447. The van der Waals surface area contributed by atoms with E-state index in [1.54, 1.807) is 18.5 Å². The molecule has 1 amide bonds. The van der Waals surface area contributed by atoms with Crippen LogP contribution in [0.1, 0.15) is 19.4 Å². The molecule has 1 rings (SSSR count). The zero-order valence-corrected chi connectivity index (χ0v) is 11.4. The van der Waals surface area contributed by atoms with Crippen molar-refractivity contribution in [1.82, 2.24) is 4.98 Å². The Morgan fingerprint density at radius 3 is 2.67 bits per heavy atom. The van der Waals surface area contributed by atoms with Gasteiger partial charge in [-0.15, -0.1) is 0 Å². The number of hydrogen-bond acceptors (Lipinski definition) is 4. The minimum Gasteiger partial charge on any atom is -0.389 e. The molecule has 0 bridgehead atoms. The molecule has 0 atom stereocenters. The smallest absolute Gasteiger partial charge is 0.236 e. The Labute approximate surface area is 112 Å². The van der Waals surface area contributed by atoms with Gasteiger partial charge in [-0.05, 0) is 12.0 Å². The Kier molecular flexibility index (Phi) is 5.03. The van der Waals surface area contributed by atoms with Gasteiger partial charge in [-0.2, -0.15) is 0 Å². The van der Waals surface area contributed by atoms with Gasteiger partial charge in [0.25, 0.3) is 0 Å². The van der Waals surface area contributed by atoms with Gasteiger partial charge in [0, 0.05) is 18.3 Å². The highest BCUT2D eigenvalue weighted by Gasteiger charge is 2.16. The van der Waals surface area contributed by atoms with E-state index in [0.717, 1.165) is 5.69 Å². The number of carbonyl (C=O) groups excluding carboxylic acids is 1. The lowest BCUT2D eigenvalue weighted by atomic mass is 10.1. The van der Waals surface area contributed by atoms with Gasteiger partial charge in [0.15, 0.2) is 0 Å². The number of pyridine rings is 1. The molecule has 1 heterocycles. The van der Waals surface area contributed by atoms with E-state index in [9.17, 15) is 4.79 Å². The van der Waals surface area contributed by atoms with Crippen LogP contribution in [0.2, 0.25) is 0 Å². The molecule has 1 aromatic heterocycles. The van der Waals surface area contributed by atoms with Gasteiger partial charge in [0.1, 0.15) is 4.99 Å². The molecule has 98 valence electrons. The van der Waals surface area contributed by atoms with Gasteiger partial charge in [0.2, 0.25) is 5.91 Å². The fourth-order valence-electron chi connectivity index (χ4n) is 1.72. The monoisotopic (exact) mass is 266 g/mol. The first-order chi connectivity index (χ1) is 8.41. The highest BCUT2D eigenvalue weighted by molar-refractivity contribution is 7.80. The van der Waals surface area contributed by atoms with Crippen molar-refractivity contribution in [2.24, 2.45) is 17.4 Å². The van der Waals surface area contributed by atoms with Crippen LogP contribution in [-0.2, 0) is 4.79 Å². The number of nitrogens with zero attached hydrogens (tertiary/aromatic N) is 2. The zero-order chi connectivity index (χ0) is 13.7. The molecule has 18 heavy (non-hydrogen) atoms. The van der Waals surface area contributed by atoms with E-state index >= 15 is 0 Å². The highest BCUT2D eigenvalue weighted by atomic mass is 32.1.